The number of thiophene rings is 1. The Hall–Kier alpha value is -1.65. The molecular weight excluding hydrogens is 256 g/mol. The Morgan fingerprint density at radius 1 is 1.26 bits per heavy atom. The van der Waals surface area contributed by atoms with Gasteiger partial charge in [0.25, 0.3) is 0 Å². The van der Waals surface area contributed by atoms with Crippen molar-refractivity contribution in [1.82, 2.24) is 5.32 Å². The highest BCUT2D eigenvalue weighted by Crippen LogP contribution is 2.14. The zero-order chi connectivity index (χ0) is 13.7. The topological polar surface area (TPSA) is 55.1 Å². The van der Waals surface area contributed by atoms with Crippen molar-refractivity contribution in [3.05, 3.63) is 57.8 Å². The van der Waals surface area contributed by atoms with Crippen molar-refractivity contribution in [2.24, 2.45) is 5.73 Å². The molecular formula is C15H18N2OS. The quantitative estimate of drug-likeness (QED) is 0.878. The molecule has 2 rings (SSSR count). The predicted molar refractivity (Wildman–Crippen MR) is 79.0 cm³/mol. The Balaban J connectivity index is 1.82. The summed E-state index contributed by atoms with van der Waals surface area (Å²) in [5.74, 6) is -0.102. The van der Waals surface area contributed by atoms with Gasteiger partial charge < -0.3 is 11.1 Å². The Labute approximate surface area is 117 Å². The number of nitrogens with one attached hydrogen (secondary N) is 1. The molecule has 0 spiro atoms. The van der Waals surface area contributed by atoms with Crippen LogP contribution >= 0.6 is 11.3 Å². The summed E-state index contributed by atoms with van der Waals surface area (Å²) in [4.78, 5) is 14.3. The van der Waals surface area contributed by atoms with Crippen LogP contribution in [-0.2, 0) is 17.8 Å². The van der Waals surface area contributed by atoms with Gasteiger partial charge in [-0.25, -0.2) is 0 Å². The number of carbonyl (C=O) groups excluding carboxylic acids is 1. The molecule has 3 nitrogen and oxygen atoms in total. The van der Waals surface area contributed by atoms with E-state index in [1.54, 1.807) is 11.3 Å². The van der Waals surface area contributed by atoms with Gasteiger partial charge in [0.15, 0.2) is 0 Å². The minimum Gasteiger partial charge on any atom is -0.350 e. The molecule has 0 radical (unpaired) electrons. The molecule has 0 bridgehead atoms. The average Bonchev–Trinajstić information content (AvgIpc) is 2.83. The fourth-order valence-electron chi connectivity index (χ4n) is 1.85. The van der Waals surface area contributed by atoms with E-state index in [4.69, 9.17) is 5.73 Å². The lowest BCUT2D eigenvalue weighted by atomic mass is 10.1. The lowest BCUT2D eigenvalue weighted by molar-refractivity contribution is -0.122. The fourth-order valence-corrected chi connectivity index (χ4v) is 2.68. The summed E-state index contributed by atoms with van der Waals surface area (Å²) >= 11 is 1.69. The minimum atomic E-state index is -0.497. The first-order chi connectivity index (χ1) is 9.15. The summed E-state index contributed by atoms with van der Waals surface area (Å²) < 4.78 is 0. The highest BCUT2D eigenvalue weighted by Gasteiger charge is 2.13. The van der Waals surface area contributed by atoms with Gasteiger partial charge in [-0.2, -0.15) is 0 Å². The van der Waals surface area contributed by atoms with Crippen LogP contribution in [0.2, 0.25) is 0 Å². The van der Waals surface area contributed by atoms with Crippen molar-refractivity contribution in [2.75, 3.05) is 0 Å². The van der Waals surface area contributed by atoms with Crippen LogP contribution in [0.1, 0.15) is 15.3 Å². The monoisotopic (exact) mass is 274 g/mol. The van der Waals surface area contributed by atoms with E-state index in [1.165, 1.54) is 4.88 Å². The second-order valence-corrected chi connectivity index (χ2v) is 5.90. The third kappa shape index (κ3) is 4.19. The van der Waals surface area contributed by atoms with Gasteiger partial charge in [0.05, 0.1) is 12.6 Å². The van der Waals surface area contributed by atoms with Crippen LogP contribution in [0, 0.1) is 6.92 Å². The van der Waals surface area contributed by atoms with E-state index in [0.29, 0.717) is 13.0 Å². The largest absolute Gasteiger partial charge is 0.350 e. The van der Waals surface area contributed by atoms with E-state index in [2.05, 4.69) is 18.3 Å². The number of aryl methyl sites for hydroxylation is 1. The van der Waals surface area contributed by atoms with Gasteiger partial charge >= 0.3 is 0 Å². The van der Waals surface area contributed by atoms with Crippen LogP contribution in [0.15, 0.2) is 42.5 Å². The molecule has 1 atom stereocenters. The second kappa shape index (κ2) is 6.50. The molecule has 2 aromatic rings. The van der Waals surface area contributed by atoms with E-state index in [-0.39, 0.29) is 5.91 Å². The summed E-state index contributed by atoms with van der Waals surface area (Å²) in [5, 5.41) is 2.88. The average molecular weight is 274 g/mol. The van der Waals surface area contributed by atoms with Crippen LogP contribution < -0.4 is 11.1 Å². The molecule has 1 unspecified atom stereocenters. The molecule has 0 aliphatic carbocycles. The van der Waals surface area contributed by atoms with Gasteiger partial charge in [-0.3, -0.25) is 4.79 Å². The fraction of sp³-hybridized carbons (Fsp3) is 0.267. The van der Waals surface area contributed by atoms with Gasteiger partial charge in [0.2, 0.25) is 5.91 Å². The molecule has 0 aliphatic rings. The Bertz CT molecular complexity index is 536. The van der Waals surface area contributed by atoms with Gasteiger partial charge in [-0.05, 0) is 31.0 Å². The summed E-state index contributed by atoms with van der Waals surface area (Å²) in [5.41, 5.74) is 6.99. The molecule has 0 saturated heterocycles. The lowest BCUT2D eigenvalue weighted by Crippen LogP contribution is -2.41. The first-order valence-electron chi connectivity index (χ1n) is 6.27. The van der Waals surface area contributed by atoms with Gasteiger partial charge in [-0.1, -0.05) is 30.3 Å². The predicted octanol–water partition coefficient (Wildman–Crippen LogP) is 2.24. The third-order valence-electron chi connectivity index (χ3n) is 2.87. The van der Waals surface area contributed by atoms with Crippen molar-refractivity contribution in [3.63, 3.8) is 0 Å². The second-order valence-electron chi connectivity index (χ2n) is 4.53. The molecule has 19 heavy (non-hydrogen) atoms. The van der Waals surface area contributed by atoms with E-state index in [0.717, 1.165) is 10.4 Å². The number of hydrogen-bond acceptors (Lipinski definition) is 3. The molecule has 0 aliphatic heterocycles. The van der Waals surface area contributed by atoms with Crippen LogP contribution in [0.4, 0.5) is 0 Å². The molecule has 4 heteroatoms. The van der Waals surface area contributed by atoms with Gasteiger partial charge in [0, 0.05) is 9.75 Å². The van der Waals surface area contributed by atoms with Gasteiger partial charge in [0.1, 0.15) is 0 Å². The maximum Gasteiger partial charge on any atom is 0.237 e. The zero-order valence-corrected chi connectivity index (χ0v) is 11.7. The number of carbonyl (C=O) groups is 1. The van der Waals surface area contributed by atoms with Crippen molar-refractivity contribution < 1.29 is 4.79 Å². The summed E-state index contributed by atoms with van der Waals surface area (Å²) in [6, 6.07) is 13.4. The van der Waals surface area contributed by atoms with E-state index in [9.17, 15) is 4.79 Å². The summed E-state index contributed by atoms with van der Waals surface area (Å²) in [7, 11) is 0. The molecule has 0 saturated carbocycles. The standard InChI is InChI=1S/C15H18N2OS/c1-11-7-8-13(19-11)10-17-15(18)14(16)9-12-5-3-2-4-6-12/h2-8,14H,9-10,16H2,1H3,(H,17,18). The molecule has 1 amide bonds. The number of nitrogens with two attached hydrogens (primary N) is 1. The maximum atomic E-state index is 11.9. The number of hydrogen-bond donors (Lipinski definition) is 2. The zero-order valence-electron chi connectivity index (χ0n) is 10.9. The van der Waals surface area contributed by atoms with E-state index in [1.807, 2.05) is 36.4 Å². The van der Waals surface area contributed by atoms with Crippen molar-refractivity contribution in [2.45, 2.75) is 25.9 Å². The first-order valence-corrected chi connectivity index (χ1v) is 7.09. The van der Waals surface area contributed by atoms with Crippen LogP contribution in [0.5, 0.6) is 0 Å². The number of benzene rings is 1. The molecule has 1 heterocycles. The third-order valence-corrected chi connectivity index (χ3v) is 3.87. The Morgan fingerprint density at radius 2 is 2.00 bits per heavy atom. The molecule has 3 N–H and O–H groups in total. The number of rotatable bonds is 5. The summed E-state index contributed by atoms with van der Waals surface area (Å²) in [6.45, 7) is 2.61. The normalized spacial score (nSPS) is 12.1. The number of amides is 1. The minimum absolute atomic E-state index is 0.102. The van der Waals surface area contributed by atoms with Crippen LogP contribution in [-0.4, -0.2) is 11.9 Å². The maximum absolute atomic E-state index is 11.9. The highest BCUT2D eigenvalue weighted by atomic mass is 32.1. The highest BCUT2D eigenvalue weighted by molar-refractivity contribution is 7.11. The Morgan fingerprint density at radius 3 is 2.63 bits per heavy atom. The van der Waals surface area contributed by atoms with Crippen molar-refractivity contribution in [1.29, 1.82) is 0 Å². The molecule has 1 aromatic carbocycles. The van der Waals surface area contributed by atoms with Gasteiger partial charge in [-0.15, -0.1) is 11.3 Å². The summed E-state index contributed by atoms with van der Waals surface area (Å²) in [6.07, 6.45) is 0.566. The van der Waals surface area contributed by atoms with Crippen molar-refractivity contribution >= 4 is 17.2 Å². The van der Waals surface area contributed by atoms with E-state index >= 15 is 0 Å². The Kier molecular flexibility index (Phi) is 4.71. The molecule has 0 fully saturated rings. The lowest BCUT2D eigenvalue weighted by Gasteiger charge is -2.11. The van der Waals surface area contributed by atoms with E-state index < -0.39 is 6.04 Å². The molecule has 1 aromatic heterocycles. The smallest absolute Gasteiger partial charge is 0.237 e. The molecule has 100 valence electrons. The van der Waals surface area contributed by atoms with Crippen molar-refractivity contribution in [3.8, 4) is 0 Å². The SMILES string of the molecule is Cc1ccc(CNC(=O)C(N)Cc2ccccc2)s1. The van der Waals surface area contributed by atoms with Crippen LogP contribution in [0.25, 0.3) is 0 Å². The van der Waals surface area contributed by atoms with Crippen LogP contribution in [0.3, 0.4) is 0 Å². The first kappa shape index (κ1) is 13.8.